The van der Waals surface area contributed by atoms with Crippen LogP contribution in [0.2, 0.25) is 0 Å². The fourth-order valence-electron chi connectivity index (χ4n) is 1.18. The zero-order chi connectivity index (χ0) is 10.4. The summed E-state index contributed by atoms with van der Waals surface area (Å²) in [6.07, 6.45) is 3.50. The maximum atomic E-state index is 9.12. The van der Waals surface area contributed by atoms with Gasteiger partial charge in [-0.05, 0) is 20.4 Å². The molecular weight excluding hydrogens is 196 g/mol. The molecule has 0 fully saturated rings. The van der Waals surface area contributed by atoms with Crippen LogP contribution in [0.15, 0.2) is 11.6 Å². The van der Waals surface area contributed by atoms with E-state index in [1.807, 2.05) is 18.5 Å². The molecule has 0 spiro atoms. The smallest absolute Gasteiger partial charge is 0.0937 e. The van der Waals surface area contributed by atoms with E-state index in [0.29, 0.717) is 0 Å². The maximum absolute atomic E-state index is 9.12. The zero-order valence-electron chi connectivity index (χ0n) is 8.81. The van der Waals surface area contributed by atoms with Crippen LogP contribution in [-0.4, -0.2) is 41.2 Å². The molecule has 1 atom stereocenters. The first-order valence-corrected chi connectivity index (χ1v) is 5.81. The van der Waals surface area contributed by atoms with Crippen LogP contribution in [0.3, 0.4) is 0 Å². The monoisotopic (exact) mass is 214 g/mol. The van der Waals surface area contributed by atoms with Crippen molar-refractivity contribution >= 4 is 11.3 Å². The minimum Gasteiger partial charge on any atom is -0.393 e. The fraction of sp³-hybridized carbons (Fsp3) is 0.700. The zero-order valence-corrected chi connectivity index (χ0v) is 9.63. The third kappa shape index (κ3) is 4.69. The first-order chi connectivity index (χ1) is 6.68. The summed E-state index contributed by atoms with van der Waals surface area (Å²) in [5.74, 6) is 0. The van der Waals surface area contributed by atoms with Gasteiger partial charge in [-0.25, -0.2) is 4.98 Å². The summed E-state index contributed by atoms with van der Waals surface area (Å²) in [6, 6.07) is 0. The van der Waals surface area contributed by atoms with Gasteiger partial charge in [0.05, 0.1) is 11.1 Å². The second-order valence-electron chi connectivity index (χ2n) is 3.62. The van der Waals surface area contributed by atoms with Gasteiger partial charge < -0.3 is 10.0 Å². The number of hydrogen-bond acceptors (Lipinski definition) is 4. The predicted octanol–water partition coefficient (Wildman–Crippen LogP) is 1.39. The highest BCUT2D eigenvalue weighted by atomic mass is 32.1. The lowest BCUT2D eigenvalue weighted by Crippen LogP contribution is -2.24. The van der Waals surface area contributed by atoms with Crippen molar-refractivity contribution in [3.05, 3.63) is 16.6 Å². The molecule has 0 aliphatic heterocycles. The van der Waals surface area contributed by atoms with Gasteiger partial charge in [0.25, 0.3) is 0 Å². The molecule has 0 aromatic carbocycles. The summed E-state index contributed by atoms with van der Waals surface area (Å²) in [4.78, 5) is 6.46. The van der Waals surface area contributed by atoms with Gasteiger partial charge in [-0.1, -0.05) is 0 Å². The Bertz CT molecular complexity index is 236. The van der Waals surface area contributed by atoms with Gasteiger partial charge in [0, 0.05) is 31.1 Å². The average Bonchev–Trinajstić information content (AvgIpc) is 2.63. The summed E-state index contributed by atoms with van der Waals surface area (Å²) in [7, 11) is 2.08. The Hall–Kier alpha value is -0.450. The van der Waals surface area contributed by atoms with Crippen LogP contribution in [0.5, 0.6) is 0 Å². The van der Waals surface area contributed by atoms with Crippen molar-refractivity contribution in [1.29, 1.82) is 0 Å². The molecule has 0 aliphatic rings. The second kappa shape index (κ2) is 6.11. The molecular formula is C10H18N2OS. The Morgan fingerprint density at radius 1 is 1.57 bits per heavy atom. The minimum absolute atomic E-state index is 0.197. The largest absolute Gasteiger partial charge is 0.393 e. The SMILES string of the molecule is C[C@H](O)CCN(C)CCc1nccs1. The van der Waals surface area contributed by atoms with Crippen molar-refractivity contribution < 1.29 is 5.11 Å². The molecule has 0 unspecified atom stereocenters. The number of rotatable bonds is 6. The van der Waals surface area contributed by atoms with Crippen LogP contribution in [0.25, 0.3) is 0 Å². The Morgan fingerprint density at radius 3 is 2.93 bits per heavy atom. The minimum atomic E-state index is -0.197. The number of thiazole rings is 1. The van der Waals surface area contributed by atoms with E-state index in [4.69, 9.17) is 5.11 Å². The van der Waals surface area contributed by atoms with E-state index in [9.17, 15) is 0 Å². The van der Waals surface area contributed by atoms with Crippen LogP contribution in [0, 0.1) is 0 Å². The maximum Gasteiger partial charge on any atom is 0.0937 e. The lowest BCUT2D eigenvalue weighted by molar-refractivity contribution is 0.165. The van der Waals surface area contributed by atoms with Crippen LogP contribution >= 0.6 is 11.3 Å². The number of likely N-dealkylation sites (N-methyl/N-ethyl adjacent to an activating group) is 1. The van der Waals surface area contributed by atoms with E-state index >= 15 is 0 Å². The molecule has 4 heteroatoms. The molecule has 1 N–H and O–H groups in total. The highest BCUT2D eigenvalue weighted by Gasteiger charge is 2.02. The third-order valence-electron chi connectivity index (χ3n) is 2.12. The van der Waals surface area contributed by atoms with Crippen molar-refractivity contribution in [2.24, 2.45) is 0 Å². The van der Waals surface area contributed by atoms with Crippen molar-refractivity contribution in [3.63, 3.8) is 0 Å². The van der Waals surface area contributed by atoms with Gasteiger partial charge >= 0.3 is 0 Å². The second-order valence-corrected chi connectivity index (χ2v) is 4.60. The van der Waals surface area contributed by atoms with E-state index in [-0.39, 0.29) is 6.10 Å². The van der Waals surface area contributed by atoms with Gasteiger partial charge in [-0.2, -0.15) is 0 Å². The molecule has 0 aliphatic carbocycles. The van der Waals surface area contributed by atoms with Crippen molar-refractivity contribution in [2.75, 3.05) is 20.1 Å². The van der Waals surface area contributed by atoms with E-state index < -0.39 is 0 Å². The lowest BCUT2D eigenvalue weighted by atomic mass is 10.2. The molecule has 1 heterocycles. The number of aromatic nitrogens is 1. The molecule has 14 heavy (non-hydrogen) atoms. The van der Waals surface area contributed by atoms with Crippen LogP contribution < -0.4 is 0 Å². The summed E-state index contributed by atoms with van der Waals surface area (Å²) in [5.41, 5.74) is 0. The van der Waals surface area contributed by atoms with Crippen molar-refractivity contribution in [1.82, 2.24) is 9.88 Å². The summed E-state index contributed by atoms with van der Waals surface area (Å²) < 4.78 is 0. The van der Waals surface area contributed by atoms with Gasteiger partial charge in [0.1, 0.15) is 0 Å². The van der Waals surface area contributed by atoms with E-state index in [2.05, 4.69) is 16.9 Å². The molecule has 0 saturated carbocycles. The molecule has 0 radical (unpaired) electrons. The molecule has 0 saturated heterocycles. The van der Waals surface area contributed by atoms with Crippen LogP contribution in [0.4, 0.5) is 0 Å². The standard InChI is InChI=1S/C10H18N2OS/c1-9(13)3-6-12(2)7-4-10-11-5-8-14-10/h5,8-9,13H,3-4,6-7H2,1-2H3/t9-/m0/s1. The highest BCUT2D eigenvalue weighted by molar-refractivity contribution is 7.09. The fourth-order valence-corrected chi connectivity index (χ4v) is 1.79. The first-order valence-electron chi connectivity index (χ1n) is 4.93. The predicted molar refractivity (Wildman–Crippen MR) is 59.6 cm³/mol. The quantitative estimate of drug-likeness (QED) is 0.777. The Kier molecular flexibility index (Phi) is 5.07. The van der Waals surface area contributed by atoms with E-state index in [1.54, 1.807) is 11.3 Å². The number of hydrogen-bond donors (Lipinski definition) is 1. The number of nitrogens with zero attached hydrogens (tertiary/aromatic N) is 2. The average molecular weight is 214 g/mol. The van der Waals surface area contributed by atoms with Gasteiger partial charge in [-0.15, -0.1) is 11.3 Å². The Balaban J connectivity index is 2.12. The van der Waals surface area contributed by atoms with E-state index in [0.717, 1.165) is 25.9 Å². The van der Waals surface area contributed by atoms with Gasteiger partial charge in [-0.3, -0.25) is 0 Å². The molecule has 1 aromatic heterocycles. The molecule has 3 nitrogen and oxygen atoms in total. The normalized spacial score (nSPS) is 13.4. The Morgan fingerprint density at radius 2 is 2.36 bits per heavy atom. The molecule has 1 aromatic rings. The first kappa shape index (κ1) is 11.6. The molecule has 1 rings (SSSR count). The topological polar surface area (TPSA) is 36.4 Å². The number of aliphatic hydroxyl groups excluding tert-OH is 1. The third-order valence-corrected chi connectivity index (χ3v) is 2.96. The highest BCUT2D eigenvalue weighted by Crippen LogP contribution is 2.05. The molecule has 80 valence electrons. The van der Waals surface area contributed by atoms with Crippen LogP contribution in [0.1, 0.15) is 18.4 Å². The van der Waals surface area contributed by atoms with Gasteiger partial charge in [0.2, 0.25) is 0 Å². The summed E-state index contributed by atoms with van der Waals surface area (Å²) >= 11 is 1.70. The van der Waals surface area contributed by atoms with Crippen molar-refractivity contribution in [2.45, 2.75) is 25.9 Å². The Labute approximate surface area is 89.4 Å². The molecule has 0 bridgehead atoms. The summed E-state index contributed by atoms with van der Waals surface area (Å²) in [6.45, 7) is 3.79. The van der Waals surface area contributed by atoms with Crippen LogP contribution in [-0.2, 0) is 6.42 Å². The van der Waals surface area contributed by atoms with Crippen molar-refractivity contribution in [3.8, 4) is 0 Å². The molecule has 0 amide bonds. The van der Waals surface area contributed by atoms with Gasteiger partial charge in [0.15, 0.2) is 0 Å². The lowest BCUT2D eigenvalue weighted by Gasteiger charge is -2.16. The van der Waals surface area contributed by atoms with E-state index in [1.165, 1.54) is 5.01 Å². The summed E-state index contributed by atoms with van der Waals surface area (Å²) in [5, 5.41) is 12.3. The number of aliphatic hydroxyl groups is 1.